The molecule has 0 amide bonds. The highest BCUT2D eigenvalue weighted by molar-refractivity contribution is 6.42. The molecule has 0 bridgehead atoms. The Morgan fingerprint density at radius 1 is 1.06 bits per heavy atom. The average Bonchev–Trinajstić information content (AvgIpc) is 2.35. The first-order valence-corrected chi connectivity index (χ1v) is 6.59. The fraction of sp³-hybridized carbons (Fsp3) is 0.200. The Hall–Kier alpha value is -1.02. The van der Waals surface area contributed by atoms with Gasteiger partial charge in [0.25, 0.3) is 0 Å². The SMILES string of the molecule is Cc1ccccc1CC(N)c1cccc(Cl)c1Cl. The van der Waals surface area contributed by atoms with Crippen LogP contribution in [-0.4, -0.2) is 0 Å². The summed E-state index contributed by atoms with van der Waals surface area (Å²) in [5.74, 6) is 0. The van der Waals surface area contributed by atoms with Crippen LogP contribution in [0.25, 0.3) is 0 Å². The van der Waals surface area contributed by atoms with Crippen LogP contribution in [0.3, 0.4) is 0 Å². The van der Waals surface area contributed by atoms with E-state index in [4.69, 9.17) is 28.9 Å². The lowest BCUT2D eigenvalue weighted by Gasteiger charge is -2.15. The first kappa shape index (κ1) is 13.4. The second-order valence-corrected chi connectivity index (χ2v) is 5.17. The van der Waals surface area contributed by atoms with E-state index in [1.54, 1.807) is 6.07 Å². The standard InChI is InChI=1S/C15H15Cl2N/c1-10-5-2-3-6-11(10)9-14(18)12-7-4-8-13(16)15(12)17/h2-8,14H,9,18H2,1H3. The molecule has 0 saturated heterocycles. The zero-order chi connectivity index (χ0) is 13.1. The summed E-state index contributed by atoms with van der Waals surface area (Å²) in [6.45, 7) is 2.08. The van der Waals surface area contributed by atoms with Crippen LogP contribution in [0.5, 0.6) is 0 Å². The summed E-state index contributed by atoms with van der Waals surface area (Å²) in [7, 11) is 0. The predicted octanol–water partition coefficient (Wildman–Crippen LogP) is 4.54. The van der Waals surface area contributed by atoms with Gasteiger partial charge in [0.15, 0.2) is 0 Å². The van der Waals surface area contributed by atoms with Crippen LogP contribution < -0.4 is 5.73 Å². The van der Waals surface area contributed by atoms with Crippen molar-refractivity contribution in [1.82, 2.24) is 0 Å². The third-order valence-electron chi connectivity index (χ3n) is 3.08. The van der Waals surface area contributed by atoms with Crippen LogP contribution >= 0.6 is 23.2 Å². The number of nitrogens with two attached hydrogens (primary N) is 1. The molecule has 94 valence electrons. The summed E-state index contributed by atoms with van der Waals surface area (Å²) >= 11 is 12.2. The van der Waals surface area contributed by atoms with E-state index >= 15 is 0 Å². The Morgan fingerprint density at radius 2 is 1.78 bits per heavy atom. The van der Waals surface area contributed by atoms with Gasteiger partial charge in [-0.1, -0.05) is 59.6 Å². The molecule has 1 nitrogen and oxygen atoms in total. The molecule has 3 heteroatoms. The minimum absolute atomic E-state index is 0.141. The van der Waals surface area contributed by atoms with E-state index < -0.39 is 0 Å². The molecule has 1 atom stereocenters. The smallest absolute Gasteiger partial charge is 0.0640 e. The molecule has 0 aliphatic rings. The van der Waals surface area contributed by atoms with E-state index in [9.17, 15) is 0 Å². The molecular formula is C15H15Cl2N. The van der Waals surface area contributed by atoms with Gasteiger partial charge in [-0.15, -0.1) is 0 Å². The maximum absolute atomic E-state index is 6.22. The number of hydrogen-bond acceptors (Lipinski definition) is 1. The lowest BCUT2D eigenvalue weighted by molar-refractivity contribution is 0.719. The largest absolute Gasteiger partial charge is 0.324 e. The summed E-state index contributed by atoms with van der Waals surface area (Å²) in [5, 5.41) is 1.11. The van der Waals surface area contributed by atoms with Crippen LogP contribution in [0.15, 0.2) is 42.5 Å². The average molecular weight is 280 g/mol. The zero-order valence-electron chi connectivity index (χ0n) is 10.2. The van der Waals surface area contributed by atoms with E-state index in [1.165, 1.54) is 11.1 Å². The van der Waals surface area contributed by atoms with E-state index in [1.807, 2.05) is 24.3 Å². The third-order valence-corrected chi connectivity index (χ3v) is 3.92. The molecule has 0 spiro atoms. The third kappa shape index (κ3) is 2.86. The van der Waals surface area contributed by atoms with Crippen molar-refractivity contribution in [1.29, 1.82) is 0 Å². The highest BCUT2D eigenvalue weighted by atomic mass is 35.5. The van der Waals surface area contributed by atoms with Crippen molar-refractivity contribution in [2.75, 3.05) is 0 Å². The maximum Gasteiger partial charge on any atom is 0.0640 e. The van der Waals surface area contributed by atoms with Crippen molar-refractivity contribution < 1.29 is 0 Å². The molecule has 1 unspecified atom stereocenters. The van der Waals surface area contributed by atoms with Gasteiger partial charge in [0.1, 0.15) is 0 Å². The Labute approximate surface area is 118 Å². The van der Waals surface area contributed by atoms with Crippen LogP contribution in [0.1, 0.15) is 22.7 Å². The van der Waals surface area contributed by atoms with Gasteiger partial charge >= 0.3 is 0 Å². The highest BCUT2D eigenvalue weighted by Gasteiger charge is 2.13. The normalized spacial score (nSPS) is 12.4. The summed E-state index contributed by atoms with van der Waals surface area (Å²) in [6.07, 6.45) is 0.757. The molecule has 0 heterocycles. The Balaban J connectivity index is 2.25. The summed E-state index contributed by atoms with van der Waals surface area (Å²) in [6, 6.07) is 13.7. The molecule has 0 radical (unpaired) electrons. The zero-order valence-corrected chi connectivity index (χ0v) is 11.7. The first-order chi connectivity index (χ1) is 8.59. The van der Waals surface area contributed by atoms with E-state index in [2.05, 4.69) is 19.1 Å². The van der Waals surface area contributed by atoms with E-state index in [0.717, 1.165) is 12.0 Å². The molecule has 18 heavy (non-hydrogen) atoms. The fourth-order valence-electron chi connectivity index (χ4n) is 1.99. The van der Waals surface area contributed by atoms with Gasteiger partial charge in [-0.2, -0.15) is 0 Å². The molecule has 0 fully saturated rings. The van der Waals surface area contributed by atoms with E-state index in [0.29, 0.717) is 10.0 Å². The van der Waals surface area contributed by atoms with Crippen molar-refractivity contribution in [3.63, 3.8) is 0 Å². The van der Waals surface area contributed by atoms with Crippen LogP contribution in [0.2, 0.25) is 10.0 Å². The van der Waals surface area contributed by atoms with Crippen molar-refractivity contribution in [2.24, 2.45) is 5.73 Å². The number of halogens is 2. The Bertz CT molecular complexity index is 552. The molecule has 2 aromatic rings. The number of rotatable bonds is 3. The highest BCUT2D eigenvalue weighted by Crippen LogP contribution is 2.30. The summed E-state index contributed by atoms with van der Waals surface area (Å²) in [4.78, 5) is 0. The van der Waals surface area contributed by atoms with Crippen LogP contribution in [-0.2, 0) is 6.42 Å². The minimum atomic E-state index is -0.141. The minimum Gasteiger partial charge on any atom is -0.324 e. The number of benzene rings is 2. The molecule has 2 rings (SSSR count). The summed E-state index contributed by atoms with van der Waals surface area (Å²) < 4.78 is 0. The van der Waals surface area contributed by atoms with Crippen molar-refractivity contribution >= 4 is 23.2 Å². The second kappa shape index (κ2) is 5.75. The Morgan fingerprint density at radius 3 is 2.50 bits per heavy atom. The first-order valence-electron chi connectivity index (χ1n) is 5.83. The van der Waals surface area contributed by atoms with Gasteiger partial charge in [0.2, 0.25) is 0 Å². The lowest BCUT2D eigenvalue weighted by Crippen LogP contribution is -2.14. The van der Waals surface area contributed by atoms with Crippen molar-refractivity contribution in [3.05, 3.63) is 69.2 Å². The second-order valence-electron chi connectivity index (χ2n) is 4.38. The van der Waals surface area contributed by atoms with Gasteiger partial charge in [0.05, 0.1) is 10.0 Å². The lowest BCUT2D eigenvalue weighted by atomic mass is 9.97. The molecule has 0 aromatic heterocycles. The van der Waals surface area contributed by atoms with Gasteiger partial charge < -0.3 is 5.73 Å². The maximum atomic E-state index is 6.22. The fourth-order valence-corrected chi connectivity index (χ4v) is 2.44. The van der Waals surface area contributed by atoms with Crippen molar-refractivity contribution in [3.8, 4) is 0 Å². The molecule has 0 aliphatic carbocycles. The number of hydrogen-bond donors (Lipinski definition) is 1. The van der Waals surface area contributed by atoms with Gasteiger partial charge in [-0.25, -0.2) is 0 Å². The molecular weight excluding hydrogens is 265 g/mol. The quantitative estimate of drug-likeness (QED) is 0.877. The number of aryl methyl sites for hydroxylation is 1. The molecule has 2 aromatic carbocycles. The van der Waals surface area contributed by atoms with Gasteiger partial charge in [0, 0.05) is 6.04 Å². The van der Waals surface area contributed by atoms with Crippen molar-refractivity contribution in [2.45, 2.75) is 19.4 Å². The predicted molar refractivity (Wildman–Crippen MR) is 78.3 cm³/mol. The molecule has 2 N–H and O–H groups in total. The van der Waals surface area contributed by atoms with Crippen LogP contribution in [0.4, 0.5) is 0 Å². The van der Waals surface area contributed by atoms with E-state index in [-0.39, 0.29) is 6.04 Å². The molecule has 0 aliphatic heterocycles. The topological polar surface area (TPSA) is 26.0 Å². The Kier molecular flexibility index (Phi) is 4.28. The van der Waals surface area contributed by atoms with Gasteiger partial charge in [-0.05, 0) is 36.1 Å². The summed E-state index contributed by atoms with van der Waals surface area (Å²) in [5.41, 5.74) is 9.60. The molecule has 0 saturated carbocycles. The monoisotopic (exact) mass is 279 g/mol. The van der Waals surface area contributed by atoms with Crippen LogP contribution in [0, 0.1) is 6.92 Å². The van der Waals surface area contributed by atoms with Gasteiger partial charge in [-0.3, -0.25) is 0 Å².